The molecule has 108 valence electrons. The lowest BCUT2D eigenvalue weighted by Crippen LogP contribution is -2.49. The predicted molar refractivity (Wildman–Crippen MR) is 79.2 cm³/mol. The summed E-state index contributed by atoms with van der Waals surface area (Å²) < 4.78 is 0. The Morgan fingerprint density at radius 2 is 1.89 bits per heavy atom. The van der Waals surface area contributed by atoms with E-state index >= 15 is 0 Å². The largest absolute Gasteiger partial charge is 0.394 e. The van der Waals surface area contributed by atoms with Gasteiger partial charge in [0, 0.05) is 0 Å². The molecule has 1 aromatic carbocycles. The van der Waals surface area contributed by atoms with Crippen LogP contribution in [-0.2, 0) is 11.2 Å². The van der Waals surface area contributed by atoms with E-state index < -0.39 is 6.04 Å². The zero-order valence-electron chi connectivity index (χ0n) is 11.4. The van der Waals surface area contributed by atoms with Gasteiger partial charge in [-0.15, -0.1) is 12.4 Å². The van der Waals surface area contributed by atoms with E-state index in [4.69, 9.17) is 5.73 Å². The number of aliphatic hydroxyl groups is 1. The Morgan fingerprint density at radius 1 is 1.32 bits per heavy atom. The molecule has 5 heteroatoms. The third-order valence-electron chi connectivity index (χ3n) is 2.91. The first-order valence-electron chi connectivity index (χ1n) is 6.25. The van der Waals surface area contributed by atoms with Gasteiger partial charge in [-0.05, 0) is 17.9 Å². The average Bonchev–Trinajstić information content (AvgIpc) is 2.37. The number of carbonyl (C=O) groups excluding carboxylic acids is 1. The highest BCUT2D eigenvalue weighted by molar-refractivity contribution is 5.85. The van der Waals surface area contributed by atoms with E-state index in [9.17, 15) is 9.90 Å². The summed E-state index contributed by atoms with van der Waals surface area (Å²) in [6.45, 7) is 3.70. The molecule has 0 aliphatic rings. The SMILES string of the molecule is CC(C)[C@H](N)C(=O)N[C@H](CO)Cc1ccccc1.Cl. The molecule has 19 heavy (non-hydrogen) atoms. The molecule has 4 nitrogen and oxygen atoms in total. The highest BCUT2D eigenvalue weighted by Gasteiger charge is 2.20. The summed E-state index contributed by atoms with van der Waals surface area (Å²) >= 11 is 0. The van der Waals surface area contributed by atoms with Crippen molar-refractivity contribution in [2.75, 3.05) is 6.61 Å². The molecule has 0 heterocycles. The smallest absolute Gasteiger partial charge is 0.237 e. The summed E-state index contributed by atoms with van der Waals surface area (Å²) in [6, 6.07) is 8.93. The molecule has 0 saturated carbocycles. The van der Waals surface area contributed by atoms with Crippen LogP contribution >= 0.6 is 12.4 Å². The number of carbonyl (C=O) groups is 1. The molecule has 0 aliphatic heterocycles. The van der Waals surface area contributed by atoms with Crippen molar-refractivity contribution >= 4 is 18.3 Å². The number of rotatable bonds is 6. The van der Waals surface area contributed by atoms with Crippen LogP contribution in [0.5, 0.6) is 0 Å². The monoisotopic (exact) mass is 286 g/mol. The van der Waals surface area contributed by atoms with Gasteiger partial charge in [0.15, 0.2) is 0 Å². The van der Waals surface area contributed by atoms with Crippen molar-refractivity contribution in [3.63, 3.8) is 0 Å². The number of amides is 1. The number of hydrogen-bond acceptors (Lipinski definition) is 3. The molecule has 1 amide bonds. The van der Waals surface area contributed by atoms with Gasteiger partial charge in [-0.3, -0.25) is 4.79 Å². The fourth-order valence-corrected chi connectivity index (χ4v) is 1.66. The quantitative estimate of drug-likeness (QED) is 0.733. The normalized spacial score (nSPS) is 13.5. The molecule has 2 atom stereocenters. The average molecular weight is 287 g/mol. The van der Waals surface area contributed by atoms with Crippen LogP contribution in [0.1, 0.15) is 19.4 Å². The van der Waals surface area contributed by atoms with Gasteiger partial charge in [0.25, 0.3) is 0 Å². The Bertz CT molecular complexity index is 371. The molecular formula is C14H23ClN2O2. The molecular weight excluding hydrogens is 264 g/mol. The highest BCUT2D eigenvalue weighted by Crippen LogP contribution is 2.04. The van der Waals surface area contributed by atoms with Gasteiger partial charge in [0.1, 0.15) is 0 Å². The Hall–Kier alpha value is -1.10. The van der Waals surface area contributed by atoms with E-state index in [0.717, 1.165) is 5.56 Å². The van der Waals surface area contributed by atoms with Gasteiger partial charge >= 0.3 is 0 Å². The Morgan fingerprint density at radius 3 is 2.37 bits per heavy atom. The molecule has 0 unspecified atom stereocenters. The number of aliphatic hydroxyl groups excluding tert-OH is 1. The molecule has 0 fully saturated rings. The van der Waals surface area contributed by atoms with Gasteiger partial charge in [0.05, 0.1) is 18.7 Å². The second-order valence-corrected chi connectivity index (χ2v) is 4.85. The summed E-state index contributed by atoms with van der Waals surface area (Å²) in [5.41, 5.74) is 6.84. The molecule has 1 rings (SSSR count). The van der Waals surface area contributed by atoms with Gasteiger partial charge in [-0.1, -0.05) is 44.2 Å². The molecule has 0 radical (unpaired) electrons. The van der Waals surface area contributed by atoms with E-state index in [1.54, 1.807) is 0 Å². The van der Waals surface area contributed by atoms with Crippen molar-refractivity contribution < 1.29 is 9.90 Å². The number of halogens is 1. The summed E-state index contributed by atoms with van der Waals surface area (Å²) in [5.74, 6) is -0.124. The van der Waals surface area contributed by atoms with E-state index in [1.165, 1.54) is 0 Å². The fourth-order valence-electron chi connectivity index (χ4n) is 1.66. The Balaban J connectivity index is 0.00000324. The Labute approximate surface area is 120 Å². The number of hydrogen-bond donors (Lipinski definition) is 3. The van der Waals surface area contributed by atoms with Crippen molar-refractivity contribution in [3.8, 4) is 0 Å². The maximum absolute atomic E-state index is 11.8. The highest BCUT2D eigenvalue weighted by atomic mass is 35.5. The van der Waals surface area contributed by atoms with Crippen LogP contribution in [0.15, 0.2) is 30.3 Å². The molecule has 0 bridgehead atoms. The van der Waals surface area contributed by atoms with Crippen LogP contribution in [0.4, 0.5) is 0 Å². The van der Waals surface area contributed by atoms with Crippen LogP contribution < -0.4 is 11.1 Å². The lowest BCUT2D eigenvalue weighted by molar-refractivity contribution is -0.124. The molecule has 0 aromatic heterocycles. The third kappa shape index (κ3) is 6.05. The lowest BCUT2D eigenvalue weighted by atomic mass is 10.0. The van der Waals surface area contributed by atoms with Crippen molar-refractivity contribution in [2.45, 2.75) is 32.4 Å². The topological polar surface area (TPSA) is 75.4 Å². The second kappa shape index (κ2) is 8.91. The number of nitrogens with two attached hydrogens (primary N) is 1. The maximum atomic E-state index is 11.8. The zero-order valence-corrected chi connectivity index (χ0v) is 12.2. The second-order valence-electron chi connectivity index (χ2n) is 4.85. The Kier molecular flexibility index (Phi) is 8.39. The van der Waals surface area contributed by atoms with Gasteiger partial charge < -0.3 is 16.2 Å². The fraction of sp³-hybridized carbons (Fsp3) is 0.500. The third-order valence-corrected chi connectivity index (χ3v) is 2.91. The minimum Gasteiger partial charge on any atom is -0.394 e. The molecule has 0 aliphatic carbocycles. The minimum absolute atomic E-state index is 0. The summed E-state index contributed by atoms with van der Waals surface area (Å²) in [4.78, 5) is 11.8. The molecule has 4 N–H and O–H groups in total. The predicted octanol–water partition coefficient (Wildman–Crippen LogP) is 1.11. The lowest BCUT2D eigenvalue weighted by Gasteiger charge is -2.21. The minimum atomic E-state index is -0.533. The van der Waals surface area contributed by atoms with Crippen LogP contribution in [0, 0.1) is 5.92 Å². The van der Waals surface area contributed by atoms with Gasteiger partial charge in [-0.25, -0.2) is 0 Å². The van der Waals surface area contributed by atoms with Crippen LogP contribution in [0.25, 0.3) is 0 Å². The van der Waals surface area contributed by atoms with Crippen LogP contribution in [0.2, 0.25) is 0 Å². The first-order chi connectivity index (χ1) is 8.54. The van der Waals surface area contributed by atoms with E-state index in [-0.39, 0.29) is 36.9 Å². The summed E-state index contributed by atoms with van der Waals surface area (Å²) in [6.07, 6.45) is 0.605. The van der Waals surface area contributed by atoms with E-state index in [1.807, 2.05) is 44.2 Å². The number of benzene rings is 1. The summed E-state index contributed by atoms with van der Waals surface area (Å²) in [5, 5.41) is 12.1. The molecule has 0 spiro atoms. The van der Waals surface area contributed by atoms with E-state index in [0.29, 0.717) is 6.42 Å². The molecule has 0 saturated heterocycles. The standard InChI is InChI=1S/C14H22N2O2.ClH/c1-10(2)13(15)14(18)16-12(9-17)8-11-6-4-3-5-7-11;/h3-7,10,12-13,17H,8-9,15H2,1-2H3,(H,16,18);1H/t12-,13-;/m0./s1. The van der Waals surface area contributed by atoms with Gasteiger partial charge in [0.2, 0.25) is 5.91 Å². The molecule has 1 aromatic rings. The zero-order chi connectivity index (χ0) is 13.5. The maximum Gasteiger partial charge on any atom is 0.237 e. The van der Waals surface area contributed by atoms with Crippen molar-refractivity contribution in [1.82, 2.24) is 5.32 Å². The van der Waals surface area contributed by atoms with Crippen molar-refractivity contribution in [3.05, 3.63) is 35.9 Å². The van der Waals surface area contributed by atoms with Gasteiger partial charge in [-0.2, -0.15) is 0 Å². The van der Waals surface area contributed by atoms with E-state index in [2.05, 4.69) is 5.32 Å². The van der Waals surface area contributed by atoms with Crippen molar-refractivity contribution in [2.24, 2.45) is 11.7 Å². The first kappa shape index (κ1) is 17.9. The first-order valence-corrected chi connectivity index (χ1v) is 6.25. The number of nitrogens with one attached hydrogen (secondary N) is 1. The van der Waals surface area contributed by atoms with Crippen LogP contribution in [0.3, 0.4) is 0 Å². The summed E-state index contributed by atoms with van der Waals surface area (Å²) in [7, 11) is 0. The van der Waals surface area contributed by atoms with Crippen molar-refractivity contribution in [1.29, 1.82) is 0 Å². The van der Waals surface area contributed by atoms with Crippen LogP contribution in [-0.4, -0.2) is 29.7 Å².